The zero-order valence-electron chi connectivity index (χ0n) is 18.9. The smallest absolute Gasteiger partial charge is 0.270 e. The highest BCUT2D eigenvalue weighted by molar-refractivity contribution is 5.90. The van der Waals surface area contributed by atoms with E-state index < -0.39 is 23.0 Å². The lowest BCUT2D eigenvalue weighted by molar-refractivity contribution is 0.0995. The molecule has 1 saturated carbocycles. The van der Waals surface area contributed by atoms with Crippen molar-refractivity contribution in [2.24, 2.45) is 11.1 Å². The number of fused-ring (bicyclic) bond motifs is 5. The Morgan fingerprint density at radius 3 is 2.60 bits per heavy atom. The molecule has 3 aromatic heterocycles. The molecule has 4 aromatic rings. The van der Waals surface area contributed by atoms with Crippen LogP contribution in [0.4, 0.5) is 8.78 Å². The Balaban J connectivity index is 1.50. The van der Waals surface area contributed by atoms with Crippen molar-refractivity contribution >= 4 is 5.91 Å². The predicted octanol–water partition coefficient (Wildman–Crippen LogP) is 4.17. The minimum Gasteiger partial charge on any atom is -0.442 e. The van der Waals surface area contributed by atoms with E-state index in [1.165, 1.54) is 30.7 Å². The van der Waals surface area contributed by atoms with Gasteiger partial charge in [0, 0.05) is 6.20 Å². The lowest BCUT2D eigenvalue weighted by Gasteiger charge is -2.37. The van der Waals surface area contributed by atoms with Gasteiger partial charge in [0.2, 0.25) is 5.89 Å². The van der Waals surface area contributed by atoms with Crippen molar-refractivity contribution in [3.8, 4) is 22.8 Å². The number of hydrogen-bond acceptors (Lipinski definition) is 7. The molecule has 0 aliphatic heterocycles. The summed E-state index contributed by atoms with van der Waals surface area (Å²) in [7, 11) is 0. The van der Waals surface area contributed by atoms with Crippen molar-refractivity contribution < 1.29 is 18.0 Å². The zero-order chi connectivity index (χ0) is 24.5. The monoisotopic (exact) mass is 474 g/mol. The summed E-state index contributed by atoms with van der Waals surface area (Å²) in [5.41, 5.74) is 6.99. The molecule has 2 bridgehead atoms. The van der Waals surface area contributed by atoms with Crippen LogP contribution in [0.15, 0.2) is 47.3 Å². The third kappa shape index (κ3) is 2.82. The highest BCUT2D eigenvalue weighted by atomic mass is 19.1. The highest BCUT2D eigenvalue weighted by Gasteiger charge is 2.65. The van der Waals surface area contributed by atoms with Crippen molar-refractivity contribution in [1.29, 1.82) is 0 Å². The van der Waals surface area contributed by atoms with Crippen LogP contribution in [-0.2, 0) is 5.41 Å². The van der Waals surface area contributed by atoms with E-state index in [0.29, 0.717) is 11.4 Å². The summed E-state index contributed by atoms with van der Waals surface area (Å²) in [4.78, 5) is 24.7. The summed E-state index contributed by atoms with van der Waals surface area (Å²) in [5.74, 6) is -1.85. The minimum absolute atomic E-state index is 0.00314. The van der Waals surface area contributed by atoms with Gasteiger partial charge in [0.05, 0.1) is 34.3 Å². The number of oxazole rings is 1. The fraction of sp³-hybridized carbons (Fsp3) is 0.280. The van der Waals surface area contributed by atoms with Gasteiger partial charge >= 0.3 is 0 Å². The van der Waals surface area contributed by atoms with Crippen molar-refractivity contribution in [2.75, 3.05) is 0 Å². The van der Waals surface area contributed by atoms with Gasteiger partial charge < -0.3 is 10.2 Å². The SMILES string of the molecule is CC1(C)[C@H]2CC[C@]1(c1cncc(-c3nc(C(N)=O)co3)n1)c1nnc(-c3c(F)cccc3F)cc12. The largest absolute Gasteiger partial charge is 0.442 e. The molecule has 0 spiro atoms. The van der Waals surface area contributed by atoms with E-state index in [2.05, 4.69) is 34.0 Å². The van der Waals surface area contributed by atoms with Crippen LogP contribution >= 0.6 is 0 Å². The summed E-state index contributed by atoms with van der Waals surface area (Å²) < 4.78 is 34.3. The van der Waals surface area contributed by atoms with Gasteiger partial charge in [-0.15, -0.1) is 5.10 Å². The molecule has 3 heterocycles. The van der Waals surface area contributed by atoms with Gasteiger partial charge in [0.1, 0.15) is 23.6 Å². The molecule has 2 N–H and O–H groups in total. The molecule has 8 nitrogen and oxygen atoms in total. The summed E-state index contributed by atoms with van der Waals surface area (Å²) >= 11 is 0. The maximum atomic E-state index is 14.5. The highest BCUT2D eigenvalue weighted by Crippen LogP contribution is 2.69. The lowest BCUT2D eigenvalue weighted by atomic mass is 9.66. The molecule has 176 valence electrons. The molecule has 2 atom stereocenters. The number of carbonyl (C=O) groups is 1. The third-order valence-electron chi connectivity index (χ3n) is 7.65. The van der Waals surface area contributed by atoms with E-state index >= 15 is 0 Å². The predicted molar refractivity (Wildman–Crippen MR) is 120 cm³/mol. The minimum atomic E-state index is -0.704. The van der Waals surface area contributed by atoms with Crippen molar-refractivity contribution in [3.63, 3.8) is 0 Å². The molecular weight excluding hydrogens is 454 g/mol. The zero-order valence-corrected chi connectivity index (χ0v) is 18.9. The van der Waals surface area contributed by atoms with Crippen LogP contribution in [0.5, 0.6) is 0 Å². The number of nitrogens with two attached hydrogens (primary N) is 1. The second kappa shape index (κ2) is 7.21. The molecule has 0 unspecified atom stereocenters. The first kappa shape index (κ1) is 21.5. The molecule has 6 rings (SSSR count). The number of nitrogens with zero attached hydrogens (tertiary/aromatic N) is 5. The van der Waals surface area contributed by atoms with Gasteiger partial charge in [0.25, 0.3) is 5.91 Å². The molecule has 0 radical (unpaired) electrons. The molecule has 1 fully saturated rings. The Bertz CT molecular complexity index is 1500. The standard InChI is InChI=1S/C25H20F2N6O2/c1-24(2)13-6-7-25(24,19-10-29-9-17(30-19)23-31-18(11-35-23)22(28)34)21-12(13)8-16(32-33-21)20-14(26)4-3-5-15(20)27/h3-5,8-11,13H,6-7H2,1-2H3,(H2,28,34)/t13-,25-/m0/s1. The number of aromatic nitrogens is 5. The van der Waals surface area contributed by atoms with Crippen LogP contribution in [0.1, 0.15) is 60.0 Å². The first-order valence-electron chi connectivity index (χ1n) is 11.1. The second-order valence-corrected chi connectivity index (χ2v) is 9.54. The molecule has 2 aliphatic rings. The number of rotatable bonds is 4. The molecule has 2 aliphatic carbocycles. The van der Waals surface area contributed by atoms with E-state index in [0.717, 1.165) is 24.1 Å². The van der Waals surface area contributed by atoms with Gasteiger partial charge in [-0.2, -0.15) is 5.10 Å². The molecule has 35 heavy (non-hydrogen) atoms. The third-order valence-corrected chi connectivity index (χ3v) is 7.65. The first-order chi connectivity index (χ1) is 16.7. The Kier molecular flexibility index (Phi) is 4.42. The average Bonchev–Trinajstić information content (AvgIpc) is 3.48. The van der Waals surface area contributed by atoms with Gasteiger partial charge in [0.15, 0.2) is 5.69 Å². The summed E-state index contributed by atoms with van der Waals surface area (Å²) in [6.07, 6.45) is 5.98. The fourth-order valence-electron chi connectivity index (χ4n) is 5.94. The van der Waals surface area contributed by atoms with E-state index in [4.69, 9.17) is 15.1 Å². The van der Waals surface area contributed by atoms with Gasteiger partial charge in [-0.1, -0.05) is 19.9 Å². The Morgan fingerprint density at radius 2 is 1.89 bits per heavy atom. The molecule has 10 heteroatoms. The van der Waals surface area contributed by atoms with Crippen LogP contribution in [-0.4, -0.2) is 31.1 Å². The van der Waals surface area contributed by atoms with Crippen molar-refractivity contribution in [1.82, 2.24) is 25.1 Å². The lowest BCUT2D eigenvalue weighted by Crippen LogP contribution is -2.38. The van der Waals surface area contributed by atoms with Crippen LogP contribution in [0.25, 0.3) is 22.8 Å². The van der Waals surface area contributed by atoms with Crippen LogP contribution in [0.3, 0.4) is 0 Å². The topological polar surface area (TPSA) is 121 Å². The molecular formula is C25H20F2N6O2. The number of halogens is 2. The maximum absolute atomic E-state index is 14.5. The van der Waals surface area contributed by atoms with E-state index in [-0.39, 0.29) is 34.2 Å². The Morgan fingerprint density at radius 1 is 1.11 bits per heavy atom. The van der Waals surface area contributed by atoms with Gasteiger partial charge in [-0.05, 0) is 47.9 Å². The summed E-state index contributed by atoms with van der Waals surface area (Å²) in [6.45, 7) is 4.28. The van der Waals surface area contributed by atoms with Crippen LogP contribution < -0.4 is 5.73 Å². The number of primary amides is 1. The average molecular weight is 474 g/mol. The quantitative estimate of drug-likeness (QED) is 0.471. The fourth-order valence-corrected chi connectivity index (χ4v) is 5.94. The maximum Gasteiger partial charge on any atom is 0.270 e. The van der Waals surface area contributed by atoms with Crippen molar-refractivity contribution in [3.05, 3.63) is 77.2 Å². The van der Waals surface area contributed by atoms with E-state index in [1.54, 1.807) is 12.3 Å². The van der Waals surface area contributed by atoms with Crippen LogP contribution in [0, 0.1) is 17.0 Å². The number of carbonyl (C=O) groups excluding carboxylic acids is 1. The number of hydrogen-bond donors (Lipinski definition) is 1. The number of benzene rings is 1. The van der Waals surface area contributed by atoms with E-state index in [9.17, 15) is 13.6 Å². The second-order valence-electron chi connectivity index (χ2n) is 9.54. The number of amides is 1. The summed E-state index contributed by atoms with van der Waals surface area (Å²) in [6, 6.07) is 5.49. The molecule has 1 aromatic carbocycles. The summed E-state index contributed by atoms with van der Waals surface area (Å²) in [5, 5.41) is 8.76. The van der Waals surface area contributed by atoms with Crippen LogP contribution in [0.2, 0.25) is 0 Å². The van der Waals surface area contributed by atoms with Crippen molar-refractivity contribution in [2.45, 2.75) is 38.0 Å². The Labute approximate surface area is 198 Å². The Hall–Kier alpha value is -4.08. The normalized spacial score (nSPS) is 21.8. The van der Waals surface area contributed by atoms with Gasteiger partial charge in [-0.25, -0.2) is 18.7 Å². The van der Waals surface area contributed by atoms with E-state index in [1.807, 2.05) is 0 Å². The van der Waals surface area contributed by atoms with Gasteiger partial charge in [-0.3, -0.25) is 9.78 Å². The first-order valence-corrected chi connectivity index (χ1v) is 11.1. The molecule has 0 saturated heterocycles. The molecule has 1 amide bonds.